The predicted octanol–water partition coefficient (Wildman–Crippen LogP) is 2.73. The minimum absolute atomic E-state index is 0.175. The van der Waals surface area contributed by atoms with E-state index in [9.17, 15) is 5.11 Å². The molecule has 0 aliphatic carbocycles. The van der Waals surface area contributed by atoms with Gasteiger partial charge in [0.15, 0.2) is 11.5 Å². The summed E-state index contributed by atoms with van der Waals surface area (Å²) in [5.74, 6) is 1.21. The maximum atomic E-state index is 10.2. The van der Waals surface area contributed by atoms with E-state index in [2.05, 4.69) is 5.32 Å². The lowest BCUT2D eigenvalue weighted by atomic mass is 9.93. The number of aliphatic hydroxyl groups excluding tert-OH is 1. The van der Waals surface area contributed by atoms with Gasteiger partial charge in [-0.3, -0.25) is 0 Å². The van der Waals surface area contributed by atoms with Gasteiger partial charge in [-0.25, -0.2) is 0 Å². The highest BCUT2D eigenvalue weighted by Crippen LogP contribution is 2.44. The van der Waals surface area contributed by atoms with Gasteiger partial charge in [0.05, 0.1) is 25.3 Å². The molecule has 1 rings (SSSR count). The molecule has 0 spiro atoms. The van der Waals surface area contributed by atoms with Crippen molar-refractivity contribution < 1.29 is 14.6 Å². The van der Waals surface area contributed by atoms with Crippen LogP contribution < -0.4 is 14.8 Å². The number of hydrogen-bond donors (Lipinski definition) is 2. The molecule has 0 fully saturated rings. The SMILES string of the molecule is CNCC(O)c1cc(OC)c(OC)c(Cl)c1C(C)C. The van der Waals surface area contributed by atoms with E-state index in [1.165, 1.54) is 0 Å². The number of hydrogen-bond acceptors (Lipinski definition) is 4. The molecule has 0 aliphatic heterocycles. The third-order valence-corrected chi connectivity index (χ3v) is 3.39. The number of likely N-dealkylation sites (N-methyl/N-ethyl adjacent to an activating group) is 1. The van der Waals surface area contributed by atoms with Crippen molar-refractivity contribution in [3.8, 4) is 11.5 Å². The number of ether oxygens (including phenoxy) is 2. The lowest BCUT2D eigenvalue weighted by molar-refractivity contribution is 0.175. The van der Waals surface area contributed by atoms with Gasteiger partial charge in [0.1, 0.15) is 0 Å². The van der Waals surface area contributed by atoms with Crippen LogP contribution in [0.3, 0.4) is 0 Å². The third kappa shape index (κ3) is 3.32. The topological polar surface area (TPSA) is 50.7 Å². The van der Waals surface area contributed by atoms with Crippen LogP contribution in [0, 0.1) is 0 Å². The van der Waals surface area contributed by atoms with Crippen LogP contribution >= 0.6 is 11.6 Å². The Labute approximate surface area is 119 Å². The summed E-state index contributed by atoms with van der Waals surface area (Å²) in [4.78, 5) is 0. The van der Waals surface area contributed by atoms with Crippen LogP contribution in [0.15, 0.2) is 6.07 Å². The fourth-order valence-corrected chi connectivity index (χ4v) is 2.65. The van der Waals surface area contributed by atoms with Crippen molar-refractivity contribution in [1.82, 2.24) is 5.32 Å². The fraction of sp³-hybridized carbons (Fsp3) is 0.571. The average Bonchev–Trinajstić information content (AvgIpc) is 2.37. The number of methoxy groups -OCH3 is 2. The maximum absolute atomic E-state index is 10.2. The van der Waals surface area contributed by atoms with Crippen molar-refractivity contribution in [2.45, 2.75) is 25.9 Å². The molecular weight excluding hydrogens is 266 g/mol. The molecule has 4 nitrogen and oxygen atoms in total. The zero-order valence-corrected chi connectivity index (χ0v) is 12.8. The third-order valence-electron chi connectivity index (χ3n) is 3.02. The highest BCUT2D eigenvalue weighted by molar-refractivity contribution is 6.33. The summed E-state index contributed by atoms with van der Waals surface area (Å²) in [5, 5.41) is 13.7. The number of rotatable bonds is 6. The Morgan fingerprint density at radius 2 is 1.95 bits per heavy atom. The average molecular weight is 288 g/mol. The summed E-state index contributed by atoms with van der Waals surface area (Å²) in [6.07, 6.45) is -0.639. The molecule has 1 atom stereocenters. The largest absolute Gasteiger partial charge is 0.493 e. The molecule has 2 N–H and O–H groups in total. The summed E-state index contributed by atoms with van der Waals surface area (Å²) >= 11 is 6.40. The van der Waals surface area contributed by atoms with Crippen LogP contribution in [0.25, 0.3) is 0 Å². The number of aliphatic hydroxyl groups is 1. The van der Waals surface area contributed by atoms with Crippen LogP contribution in [0.2, 0.25) is 5.02 Å². The first-order valence-electron chi connectivity index (χ1n) is 6.24. The molecule has 5 heteroatoms. The summed E-state index contributed by atoms with van der Waals surface area (Å²) in [6, 6.07) is 1.79. The van der Waals surface area contributed by atoms with Crippen molar-refractivity contribution >= 4 is 11.6 Å². The second-order valence-corrected chi connectivity index (χ2v) is 5.04. The van der Waals surface area contributed by atoms with E-state index in [1.807, 2.05) is 13.8 Å². The summed E-state index contributed by atoms with van der Waals surface area (Å²) in [5.41, 5.74) is 1.66. The van der Waals surface area contributed by atoms with Gasteiger partial charge in [0, 0.05) is 6.54 Å². The van der Waals surface area contributed by atoms with Gasteiger partial charge in [-0.05, 0) is 30.2 Å². The Morgan fingerprint density at radius 1 is 1.32 bits per heavy atom. The van der Waals surface area contributed by atoms with Crippen molar-refractivity contribution in [3.05, 3.63) is 22.2 Å². The predicted molar refractivity (Wildman–Crippen MR) is 77.5 cm³/mol. The van der Waals surface area contributed by atoms with E-state index >= 15 is 0 Å². The molecule has 0 saturated heterocycles. The van der Waals surface area contributed by atoms with Crippen molar-refractivity contribution in [2.24, 2.45) is 0 Å². The van der Waals surface area contributed by atoms with Gasteiger partial charge >= 0.3 is 0 Å². The Balaban J connectivity index is 3.47. The minimum Gasteiger partial charge on any atom is -0.493 e. The van der Waals surface area contributed by atoms with Gasteiger partial charge in [-0.2, -0.15) is 0 Å². The fourth-order valence-electron chi connectivity index (χ4n) is 2.15. The van der Waals surface area contributed by atoms with Gasteiger partial charge in [-0.1, -0.05) is 25.4 Å². The van der Waals surface area contributed by atoms with Crippen LogP contribution in [-0.2, 0) is 0 Å². The standard InChI is InChI=1S/C14H22ClNO3/c1-8(2)12-9(10(17)7-16-3)6-11(18-4)14(19-5)13(12)15/h6,8,10,16-17H,7H2,1-5H3. The first kappa shape index (κ1) is 16.1. The van der Waals surface area contributed by atoms with Crippen LogP contribution in [0.5, 0.6) is 11.5 Å². The highest BCUT2D eigenvalue weighted by Gasteiger charge is 2.23. The molecule has 0 radical (unpaired) electrons. The molecule has 1 unspecified atom stereocenters. The minimum atomic E-state index is -0.639. The van der Waals surface area contributed by atoms with Crippen LogP contribution in [-0.4, -0.2) is 32.9 Å². The summed E-state index contributed by atoms with van der Waals surface area (Å²) in [7, 11) is 4.90. The lowest BCUT2D eigenvalue weighted by Crippen LogP contribution is -2.18. The monoisotopic (exact) mass is 287 g/mol. The normalized spacial score (nSPS) is 12.6. The zero-order valence-electron chi connectivity index (χ0n) is 12.1. The smallest absolute Gasteiger partial charge is 0.179 e. The van der Waals surface area contributed by atoms with Gasteiger partial charge in [-0.15, -0.1) is 0 Å². The number of benzene rings is 1. The Kier molecular flexibility index (Phi) is 5.91. The molecule has 0 aromatic heterocycles. The molecule has 1 aromatic carbocycles. The number of halogens is 1. The van der Waals surface area contributed by atoms with Crippen molar-refractivity contribution in [2.75, 3.05) is 27.8 Å². The van der Waals surface area contributed by atoms with E-state index in [0.29, 0.717) is 23.1 Å². The molecule has 0 bridgehead atoms. The Hall–Kier alpha value is -0.970. The van der Waals surface area contributed by atoms with Gasteiger partial charge in [0.2, 0.25) is 0 Å². The van der Waals surface area contributed by atoms with Gasteiger partial charge in [0.25, 0.3) is 0 Å². The molecule has 0 heterocycles. The second kappa shape index (κ2) is 6.98. The van der Waals surface area contributed by atoms with E-state index in [4.69, 9.17) is 21.1 Å². The van der Waals surface area contributed by atoms with E-state index < -0.39 is 6.10 Å². The molecule has 0 aliphatic rings. The molecular formula is C14H22ClNO3. The van der Waals surface area contributed by atoms with Crippen LogP contribution in [0.4, 0.5) is 0 Å². The summed E-state index contributed by atoms with van der Waals surface area (Å²) in [6.45, 7) is 4.51. The molecule has 1 aromatic rings. The lowest BCUT2D eigenvalue weighted by Gasteiger charge is -2.22. The quantitative estimate of drug-likeness (QED) is 0.845. The zero-order chi connectivity index (χ0) is 14.6. The Bertz CT molecular complexity index is 435. The van der Waals surface area contributed by atoms with Gasteiger partial charge < -0.3 is 19.9 Å². The van der Waals surface area contributed by atoms with E-state index in [0.717, 1.165) is 11.1 Å². The Morgan fingerprint density at radius 3 is 2.37 bits per heavy atom. The molecule has 19 heavy (non-hydrogen) atoms. The number of nitrogens with one attached hydrogen (secondary N) is 1. The van der Waals surface area contributed by atoms with E-state index in [1.54, 1.807) is 27.3 Å². The molecule has 108 valence electrons. The molecule has 0 amide bonds. The highest BCUT2D eigenvalue weighted by atomic mass is 35.5. The maximum Gasteiger partial charge on any atom is 0.179 e. The summed E-state index contributed by atoms with van der Waals surface area (Å²) < 4.78 is 10.6. The molecule has 0 saturated carbocycles. The first-order chi connectivity index (χ1) is 8.97. The van der Waals surface area contributed by atoms with Crippen molar-refractivity contribution in [1.29, 1.82) is 0 Å². The second-order valence-electron chi connectivity index (χ2n) is 4.66. The van der Waals surface area contributed by atoms with Crippen molar-refractivity contribution in [3.63, 3.8) is 0 Å². The van der Waals surface area contributed by atoms with E-state index in [-0.39, 0.29) is 5.92 Å². The van der Waals surface area contributed by atoms with Crippen LogP contribution in [0.1, 0.15) is 37.0 Å². The first-order valence-corrected chi connectivity index (χ1v) is 6.62.